The first-order valence-corrected chi connectivity index (χ1v) is 9.17. The normalized spacial score (nSPS) is 11.7. The van der Waals surface area contributed by atoms with Gasteiger partial charge in [0.15, 0.2) is 6.10 Å². The molecule has 0 saturated carbocycles. The molecule has 0 radical (unpaired) electrons. The summed E-state index contributed by atoms with van der Waals surface area (Å²) in [7, 11) is 0. The third-order valence-corrected chi connectivity index (χ3v) is 4.65. The first-order valence-electron chi connectivity index (χ1n) is 7.64. The van der Waals surface area contributed by atoms with E-state index in [2.05, 4.69) is 5.32 Å². The van der Waals surface area contributed by atoms with Crippen molar-refractivity contribution in [3.63, 3.8) is 0 Å². The quantitative estimate of drug-likeness (QED) is 0.700. The minimum Gasteiger partial charge on any atom is -0.452 e. The van der Waals surface area contributed by atoms with Crippen LogP contribution >= 0.6 is 23.4 Å². The molecule has 2 rings (SSSR count). The number of amides is 1. The maximum Gasteiger partial charge on any atom is 0.316 e. The van der Waals surface area contributed by atoms with Crippen molar-refractivity contribution in [3.8, 4) is 0 Å². The molecule has 0 unspecified atom stereocenters. The Morgan fingerprint density at radius 1 is 1.15 bits per heavy atom. The standard InChI is InChI=1S/C18H16ClF2NO3S/c1-11(18(24)22-17-14(20)7-4-8-15(17)21)25-16(23)10-26-9-12-5-2-3-6-13(12)19/h2-8,11H,9-10H2,1H3,(H,22,24)/t11-/m0/s1. The highest BCUT2D eigenvalue weighted by molar-refractivity contribution is 7.99. The summed E-state index contributed by atoms with van der Waals surface area (Å²) in [5.41, 5.74) is 0.307. The van der Waals surface area contributed by atoms with Crippen LogP contribution < -0.4 is 5.32 Å². The van der Waals surface area contributed by atoms with Crippen molar-refractivity contribution in [2.24, 2.45) is 0 Å². The fourth-order valence-corrected chi connectivity index (χ4v) is 3.08. The van der Waals surface area contributed by atoms with E-state index in [0.29, 0.717) is 10.8 Å². The Morgan fingerprint density at radius 3 is 2.46 bits per heavy atom. The lowest BCUT2D eigenvalue weighted by molar-refractivity contribution is -0.150. The minimum atomic E-state index is -1.19. The van der Waals surface area contributed by atoms with E-state index in [9.17, 15) is 18.4 Å². The monoisotopic (exact) mass is 399 g/mol. The molecule has 0 fully saturated rings. The summed E-state index contributed by atoms with van der Waals surface area (Å²) in [6, 6.07) is 10.5. The second-order valence-corrected chi connectivity index (χ2v) is 6.70. The molecule has 0 spiro atoms. The number of hydrogen-bond acceptors (Lipinski definition) is 4. The van der Waals surface area contributed by atoms with Gasteiger partial charge in [-0.1, -0.05) is 35.9 Å². The molecular weight excluding hydrogens is 384 g/mol. The SMILES string of the molecule is C[C@H](OC(=O)CSCc1ccccc1Cl)C(=O)Nc1c(F)cccc1F. The third-order valence-electron chi connectivity index (χ3n) is 3.32. The van der Waals surface area contributed by atoms with E-state index >= 15 is 0 Å². The van der Waals surface area contributed by atoms with Crippen molar-refractivity contribution in [3.05, 3.63) is 64.7 Å². The number of thioether (sulfide) groups is 1. The van der Waals surface area contributed by atoms with Crippen LogP contribution in [0.4, 0.5) is 14.5 Å². The van der Waals surface area contributed by atoms with Crippen LogP contribution in [0.25, 0.3) is 0 Å². The number of carbonyl (C=O) groups is 2. The van der Waals surface area contributed by atoms with Gasteiger partial charge in [0.1, 0.15) is 17.3 Å². The molecule has 4 nitrogen and oxygen atoms in total. The molecule has 1 N–H and O–H groups in total. The second kappa shape index (κ2) is 9.54. The fraction of sp³-hybridized carbons (Fsp3) is 0.222. The first kappa shape index (κ1) is 20.2. The van der Waals surface area contributed by atoms with E-state index < -0.39 is 35.3 Å². The fourth-order valence-electron chi connectivity index (χ4n) is 1.99. The third kappa shape index (κ3) is 5.71. The summed E-state index contributed by atoms with van der Waals surface area (Å²) in [4.78, 5) is 23.8. The Labute approximate surface area is 158 Å². The molecule has 2 aromatic carbocycles. The van der Waals surface area contributed by atoms with Gasteiger partial charge in [-0.15, -0.1) is 11.8 Å². The van der Waals surface area contributed by atoms with Crippen LogP contribution in [0.1, 0.15) is 12.5 Å². The van der Waals surface area contributed by atoms with Gasteiger partial charge in [-0.25, -0.2) is 8.78 Å². The Kier molecular flexibility index (Phi) is 7.41. The largest absolute Gasteiger partial charge is 0.452 e. The van der Waals surface area contributed by atoms with Gasteiger partial charge in [-0.05, 0) is 30.7 Å². The van der Waals surface area contributed by atoms with Gasteiger partial charge in [0.2, 0.25) is 0 Å². The lowest BCUT2D eigenvalue weighted by atomic mass is 10.2. The molecule has 0 aliphatic heterocycles. The number of nitrogens with one attached hydrogen (secondary N) is 1. The Morgan fingerprint density at radius 2 is 1.81 bits per heavy atom. The smallest absolute Gasteiger partial charge is 0.316 e. The average molecular weight is 400 g/mol. The number of carbonyl (C=O) groups excluding carboxylic acids is 2. The average Bonchev–Trinajstić information content (AvgIpc) is 2.59. The van der Waals surface area contributed by atoms with Crippen LogP contribution in [0.5, 0.6) is 0 Å². The van der Waals surface area contributed by atoms with Crippen molar-refractivity contribution in [2.75, 3.05) is 11.1 Å². The van der Waals surface area contributed by atoms with Gasteiger partial charge in [0, 0.05) is 10.8 Å². The maximum absolute atomic E-state index is 13.5. The number of benzene rings is 2. The molecule has 0 heterocycles. The van der Waals surface area contributed by atoms with E-state index in [4.69, 9.17) is 16.3 Å². The van der Waals surface area contributed by atoms with Crippen molar-refractivity contribution < 1.29 is 23.1 Å². The van der Waals surface area contributed by atoms with Crippen LogP contribution in [0, 0.1) is 11.6 Å². The predicted molar refractivity (Wildman–Crippen MR) is 98.2 cm³/mol. The summed E-state index contributed by atoms with van der Waals surface area (Å²) >= 11 is 7.30. The summed E-state index contributed by atoms with van der Waals surface area (Å²) < 4.78 is 32.0. The van der Waals surface area contributed by atoms with Crippen molar-refractivity contribution in [1.82, 2.24) is 0 Å². The highest BCUT2D eigenvalue weighted by Crippen LogP contribution is 2.21. The number of para-hydroxylation sites is 1. The summed E-state index contributed by atoms with van der Waals surface area (Å²) in [5.74, 6) is -2.73. The van der Waals surface area contributed by atoms with Gasteiger partial charge < -0.3 is 10.1 Å². The minimum absolute atomic E-state index is 0.0108. The molecule has 0 saturated heterocycles. The zero-order valence-electron chi connectivity index (χ0n) is 13.8. The van der Waals surface area contributed by atoms with E-state index in [1.807, 2.05) is 18.2 Å². The van der Waals surface area contributed by atoms with E-state index in [0.717, 1.165) is 17.7 Å². The maximum atomic E-state index is 13.5. The summed E-state index contributed by atoms with van der Waals surface area (Å²) in [6.07, 6.45) is -1.19. The number of ether oxygens (including phenoxy) is 1. The lowest BCUT2D eigenvalue weighted by Gasteiger charge is -2.14. The number of anilines is 1. The molecule has 1 amide bonds. The van der Waals surface area contributed by atoms with Crippen LogP contribution in [0.2, 0.25) is 5.02 Å². The van der Waals surface area contributed by atoms with Crippen LogP contribution in [0.15, 0.2) is 42.5 Å². The number of halogens is 3. The summed E-state index contributed by atoms with van der Waals surface area (Å²) in [6.45, 7) is 1.32. The van der Waals surface area contributed by atoms with Gasteiger partial charge in [-0.2, -0.15) is 0 Å². The second-order valence-electron chi connectivity index (χ2n) is 5.30. The molecule has 0 aliphatic rings. The Balaban J connectivity index is 1.81. The molecule has 138 valence electrons. The van der Waals surface area contributed by atoms with Gasteiger partial charge in [0.05, 0.1) is 5.75 Å². The number of rotatable bonds is 7. The molecule has 0 aliphatic carbocycles. The van der Waals surface area contributed by atoms with E-state index in [1.54, 1.807) is 6.07 Å². The predicted octanol–water partition coefficient (Wildman–Crippen LogP) is 4.42. The number of hydrogen-bond donors (Lipinski definition) is 1. The summed E-state index contributed by atoms with van der Waals surface area (Å²) in [5, 5.41) is 2.69. The highest BCUT2D eigenvalue weighted by atomic mass is 35.5. The molecule has 0 bridgehead atoms. The zero-order chi connectivity index (χ0) is 19.1. The van der Waals surface area contributed by atoms with Crippen LogP contribution in [-0.2, 0) is 20.1 Å². The Bertz CT molecular complexity index is 784. The molecule has 0 aromatic heterocycles. The zero-order valence-corrected chi connectivity index (χ0v) is 15.4. The van der Waals surface area contributed by atoms with Gasteiger partial charge >= 0.3 is 5.97 Å². The van der Waals surface area contributed by atoms with Crippen molar-refractivity contribution in [1.29, 1.82) is 0 Å². The van der Waals surface area contributed by atoms with Crippen LogP contribution in [0.3, 0.4) is 0 Å². The van der Waals surface area contributed by atoms with E-state index in [-0.39, 0.29) is 5.75 Å². The molecular formula is C18H16ClF2NO3S. The highest BCUT2D eigenvalue weighted by Gasteiger charge is 2.20. The first-order chi connectivity index (χ1) is 12.4. The molecule has 1 atom stereocenters. The van der Waals surface area contributed by atoms with Crippen molar-refractivity contribution in [2.45, 2.75) is 18.8 Å². The molecule has 26 heavy (non-hydrogen) atoms. The number of esters is 1. The topological polar surface area (TPSA) is 55.4 Å². The van der Waals surface area contributed by atoms with E-state index in [1.165, 1.54) is 24.8 Å². The lowest BCUT2D eigenvalue weighted by Crippen LogP contribution is -2.31. The molecule has 2 aromatic rings. The van der Waals surface area contributed by atoms with Gasteiger partial charge in [-0.3, -0.25) is 9.59 Å². The van der Waals surface area contributed by atoms with Gasteiger partial charge in [0.25, 0.3) is 5.91 Å². The van der Waals surface area contributed by atoms with Crippen molar-refractivity contribution >= 4 is 40.9 Å². The van der Waals surface area contributed by atoms with Crippen LogP contribution in [-0.4, -0.2) is 23.7 Å². The Hall–Kier alpha value is -2.12. The molecule has 8 heteroatoms.